The molecule has 5 heteroatoms. The van der Waals surface area contributed by atoms with Gasteiger partial charge in [-0.15, -0.1) is 0 Å². The van der Waals surface area contributed by atoms with Gasteiger partial charge in [-0.2, -0.15) is 0 Å². The first-order chi connectivity index (χ1) is 8.56. The molecule has 18 heavy (non-hydrogen) atoms. The van der Waals surface area contributed by atoms with E-state index < -0.39 is 6.10 Å². The number of rotatable bonds is 5. The number of carbonyl (C=O) groups is 1. The molecule has 2 N–H and O–H groups in total. The van der Waals surface area contributed by atoms with Crippen LogP contribution in [0, 0.1) is 0 Å². The van der Waals surface area contributed by atoms with Crippen LogP contribution in [0.2, 0.25) is 0 Å². The zero-order valence-corrected chi connectivity index (χ0v) is 11.7. The zero-order chi connectivity index (χ0) is 13.1. The standard InChI is InChI=1S/C13H16BrNO3/c1-8(16)11-6-9(14)2-5-12(11)18-7-13(17)15-10-3-4-10/h2,5-6,8,10,16H,3-4,7H2,1H3,(H,15,17)/t8-/m1/s1. The number of aliphatic hydroxyl groups excluding tert-OH is 1. The molecule has 0 aromatic heterocycles. The van der Waals surface area contributed by atoms with E-state index in [4.69, 9.17) is 4.74 Å². The van der Waals surface area contributed by atoms with Crippen molar-refractivity contribution in [2.75, 3.05) is 6.61 Å². The highest BCUT2D eigenvalue weighted by molar-refractivity contribution is 9.10. The summed E-state index contributed by atoms with van der Waals surface area (Å²) in [5.41, 5.74) is 0.670. The Hall–Kier alpha value is -1.07. The summed E-state index contributed by atoms with van der Waals surface area (Å²) >= 11 is 3.34. The Balaban J connectivity index is 1.96. The normalized spacial score (nSPS) is 16.2. The fourth-order valence-corrected chi connectivity index (χ4v) is 2.00. The van der Waals surface area contributed by atoms with Crippen molar-refractivity contribution >= 4 is 21.8 Å². The lowest BCUT2D eigenvalue weighted by Crippen LogP contribution is -2.30. The Morgan fingerprint density at radius 2 is 2.33 bits per heavy atom. The van der Waals surface area contributed by atoms with E-state index in [0.717, 1.165) is 17.3 Å². The topological polar surface area (TPSA) is 58.6 Å². The van der Waals surface area contributed by atoms with Gasteiger partial charge in [-0.25, -0.2) is 0 Å². The predicted octanol–water partition coefficient (Wildman–Crippen LogP) is 2.16. The lowest BCUT2D eigenvalue weighted by Gasteiger charge is -2.13. The quantitative estimate of drug-likeness (QED) is 0.875. The van der Waals surface area contributed by atoms with Gasteiger partial charge in [-0.05, 0) is 38.0 Å². The molecule has 98 valence electrons. The maximum absolute atomic E-state index is 11.5. The van der Waals surface area contributed by atoms with Crippen molar-refractivity contribution in [3.63, 3.8) is 0 Å². The molecule has 1 amide bonds. The summed E-state index contributed by atoms with van der Waals surface area (Å²) in [7, 11) is 0. The summed E-state index contributed by atoms with van der Waals surface area (Å²) in [6.07, 6.45) is 1.48. The van der Waals surface area contributed by atoms with Crippen molar-refractivity contribution in [1.29, 1.82) is 0 Å². The van der Waals surface area contributed by atoms with E-state index in [1.165, 1.54) is 0 Å². The Kier molecular flexibility index (Phi) is 4.24. The Morgan fingerprint density at radius 1 is 1.61 bits per heavy atom. The molecule has 4 nitrogen and oxygen atoms in total. The highest BCUT2D eigenvalue weighted by Crippen LogP contribution is 2.28. The number of hydrogen-bond acceptors (Lipinski definition) is 3. The van der Waals surface area contributed by atoms with Crippen LogP contribution in [0.3, 0.4) is 0 Å². The second-order valence-electron chi connectivity index (χ2n) is 4.49. The van der Waals surface area contributed by atoms with Gasteiger partial charge >= 0.3 is 0 Å². The molecule has 0 radical (unpaired) electrons. The number of ether oxygens (including phenoxy) is 1. The minimum Gasteiger partial charge on any atom is -0.483 e. The lowest BCUT2D eigenvalue weighted by atomic mass is 10.1. The van der Waals surface area contributed by atoms with Crippen molar-refractivity contribution < 1.29 is 14.6 Å². The number of halogens is 1. The molecule has 1 aromatic carbocycles. The Bertz CT molecular complexity index is 444. The predicted molar refractivity (Wildman–Crippen MR) is 71.4 cm³/mol. The van der Waals surface area contributed by atoms with Crippen LogP contribution in [-0.2, 0) is 4.79 Å². The molecule has 1 saturated carbocycles. The van der Waals surface area contributed by atoms with Crippen molar-refractivity contribution in [3.8, 4) is 5.75 Å². The Morgan fingerprint density at radius 3 is 2.94 bits per heavy atom. The first-order valence-electron chi connectivity index (χ1n) is 5.96. The second-order valence-corrected chi connectivity index (χ2v) is 5.40. The summed E-state index contributed by atoms with van der Waals surface area (Å²) in [5.74, 6) is 0.427. The van der Waals surface area contributed by atoms with Crippen LogP contribution in [0.1, 0.15) is 31.4 Å². The second kappa shape index (κ2) is 5.71. The van der Waals surface area contributed by atoms with E-state index in [-0.39, 0.29) is 12.5 Å². The largest absolute Gasteiger partial charge is 0.483 e. The molecular weight excluding hydrogens is 298 g/mol. The van der Waals surface area contributed by atoms with Gasteiger partial charge in [0.05, 0.1) is 6.10 Å². The fourth-order valence-electron chi connectivity index (χ4n) is 1.62. The lowest BCUT2D eigenvalue weighted by molar-refractivity contribution is -0.123. The molecule has 0 saturated heterocycles. The monoisotopic (exact) mass is 313 g/mol. The molecule has 0 unspecified atom stereocenters. The van der Waals surface area contributed by atoms with E-state index in [1.807, 2.05) is 6.07 Å². The van der Waals surface area contributed by atoms with Gasteiger partial charge in [0.1, 0.15) is 5.75 Å². The first kappa shape index (κ1) is 13.4. The van der Waals surface area contributed by atoms with Crippen LogP contribution < -0.4 is 10.1 Å². The minimum absolute atomic E-state index is 0.0160. The van der Waals surface area contributed by atoms with Gasteiger partial charge < -0.3 is 15.2 Å². The molecule has 0 aliphatic heterocycles. The fraction of sp³-hybridized carbons (Fsp3) is 0.462. The number of benzene rings is 1. The van der Waals surface area contributed by atoms with Gasteiger partial charge in [-0.3, -0.25) is 4.79 Å². The van der Waals surface area contributed by atoms with Crippen LogP contribution in [0.4, 0.5) is 0 Å². The molecule has 1 aromatic rings. The number of nitrogens with one attached hydrogen (secondary N) is 1. The van der Waals surface area contributed by atoms with Crippen molar-refractivity contribution in [1.82, 2.24) is 5.32 Å². The van der Waals surface area contributed by atoms with E-state index in [2.05, 4.69) is 21.2 Å². The van der Waals surface area contributed by atoms with Crippen LogP contribution in [0.5, 0.6) is 5.75 Å². The van der Waals surface area contributed by atoms with Crippen molar-refractivity contribution in [2.24, 2.45) is 0 Å². The average Bonchev–Trinajstić information content (AvgIpc) is 3.11. The third-order valence-electron chi connectivity index (χ3n) is 2.72. The summed E-state index contributed by atoms with van der Waals surface area (Å²) in [5, 5.41) is 12.5. The zero-order valence-electron chi connectivity index (χ0n) is 10.1. The summed E-state index contributed by atoms with van der Waals surface area (Å²) < 4.78 is 6.32. The van der Waals surface area contributed by atoms with E-state index >= 15 is 0 Å². The van der Waals surface area contributed by atoms with Gasteiger partial charge in [0.15, 0.2) is 6.61 Å². The Labute approximate surface area is 114 Å². The van der Waals surface area contributed by atoms with Crippen LogP contribution in [-0.4, -0.2) is 23.7 Å². The summed E-state index contributed by atoms with van der Waals surface area (Å²) in [6, 6.07) is 5.69. The third-order valence-corrected chi connectivity index (χ3v) is 3.22. The number of hydrogen-bond donors (Lipinski definition) is 2. The molecule has 1 aliphatic carbocycles. The summed E-state index contributed by atoms with van der Waals surface area (Å²) in [6.45, 7) is 1.65. The molecule has 1 fully saturated rings. The maximum Gasteiger partial charge on any atom is 0.258 e. The van der Waals surface area contributed by atoms with Gasteiger partial charge in [0.2, 0.25) is 0 Å². The minimum atomic E-state index is -0.635. The highest BCUT2D eigenvalue weighted by Gasteiger charge is 2.23. The molecule has 0 spiro atoms. The van der Waals surface area contributed by atoms with Gasteiger partial charge in [0, 0.05) is 16.1 Å². The molecular formula is C13H16BrNO3. The van der Waals surface area contributed by atoms with Crippen LogP contribution in [0.25, 0.3) is 0 Å². The van der Waals surface area contributed by atoms with E-state index in [1.54, 1.807) is 19.1 Å². The smallest absolute Gasteiger partial charge is 0.258 e. The van der Waals surface area contributed by atoms with E-state index in [9.17, 15) is 9.90 Å². The molecule has 0 heterocycles. The SMILES string of the molecule is C[C@@H](O)c1cc(Br)ccc1OCC(=O)NC1CC1. The molecule has 2 rings (SSSR count). The van der Waals surface area contributed by atoms with E-state index in [0.29, 0.717) is 17.4 Å². The van der Waals surface area contributed by atoms with Crippen molar-refractivity contribution in [2.45, 2.75) is 31.9 Å². The van der Waals surface area contributed by atoms with Gasteiger partial charge in [0.25, 0.3) is 5.91 Å². The van der Waals surface area contributed by atoms with Crippen LogP contribution in [0.15, 0.2) is 22.7 Å². The molecule has 1 atom stereocenters. The highest BCUT2D eigenvalue weighted by atomic mass is 79.9. The number of carbonyl (C=O) groups excluding carboxylic acids is 1. The average molecular weight is 314 g/mol. The summed E-state index contributed by atoms with van der Waals surface area (Å²) in [4.78, 5) is 11.5. The number of amides is 1. The first-order valence-corrected chi connectivity index (χ1v) is 6.75. The molecule has 0 bridgehead atoms. The van der Waals surface area contributed by atoms with Crippen LogP contribution >= 0.6 is 15.9 Å². The number of aliphatic hydroxyl groups is 1. The molecule has 1 aliphatic rings. The third kappa shape index (κ3) is 3.71. The van der Waals surface area contributed by atoms with Crippen molar-refractivity contribution in [3.05, 3.63) is 28.2 Å². The maximum atomic E-state index is 11.5. The van der Waals surface area contributed by atoms with Gasteiger partial charge in [-0.1, -0.05) is 15.9 Å².